The van der Waals surface area contributed by atoms with Crippen LogP contribution in [0.2, 0.25) is 0 Å². The first kappa shape index (κ1) is 52.9. The molecule has 0 aromatic carbocycles. The molecule has 0 aromatic heterocycles. The summed E-state index contributed by atoms with van der Waals surface area (Å²) in [6.07, 6.45) is 51.9. The first-order valence-electron chi connectivity index (χ1n) is 21.8. The van der Waals surface area contributed by atoms with Crippen molar-refractivity contribution in [3.8, 4) is 0 Å². The van der Waals surface area contributed by atoms with Crippen LogP contribution in [0.15, 0.2) is 97.2 Å². The van der Waals surface area contributed by atoms with Crippen LogP contribution in [-0.2, 0) is 37.4 Å². The van der Waals surface area contributed by atoms with Gasteiger partial charge < -0.3 is 24.8 Å². The highest BCUT2D eigenvalue weighted by molar-refractivity contribution is 7.47. The Morgan fingerprint density at radius 1 is 0.638 bits per heavy atom. The van der Waals surface area contributed by atoms with Crippen molar-refractivity contribution in [2.75, 3.05) is 26.4 Å². The van der Waals surface area contributed by atoms with Crippen LogP contribution in [0.4, 0.5) is 0 Å². The Kier molecular flexibility index (Phi) is 34.8. The zero-order valence-corrected chi connectivity index (χ0v) is 36.6. The van der Waals surface area contributed by atoms with Gasteiger partial charge in [-0.05, 0) is 89.9 Å². The molecule has 0 aromatic rings. The summed E-state index contributed by atoms with van der Waals surface area (Å²) in [5, 5.41) is 0. The lowest BCUT2D eigenvalue weighted by molar-refractivity contribution is -0.161. The molecule has 0 aliphatic carbocycles. The molecule has 0 radical (unpaired) electrons. The van der Waals surface area contributed by atoms with Crippen molar-refractivity contribution < 1.29 is 42.3 Å². The number of phosphoric acid groups is 1. The fourth-order valence-electron chi connectivity index (χ4n) is 5.57. The number of carbonyl (C=O) groups excluding carboxylic acids is 2. The van der Waals surface area contributed by atoms with Crippen molar-refractivity contribution in [3.63, 3.8) is 0 Å². The quantitative estimate of drug-likeness (QED) is 0.0203. The number of hydrogen-bond donors (Lipinski definition) is 2. The summed E-state index contributed by atoms with van der Waals surface area (Å²) in [7, 11) is -4.41. The molecule has 3 unspecified atom stereocenters. The van der Waals surface area contributed by atoms with E-state index in [2.05, 4.69) is 105 Å². The highest BCUT2D eigenvalue weighted by atomic mass is 31.2. The largest absolute Gasteiger partial charge is 0.472 e. The van der Waals surface area contributed by atoms with Gasteiger partial charge in [-0.2, -0.15) is 0 Å². The van der Waals surface area contributed by atoms with E-state index in [9.17, 15) is 19.0 Å². The van der Waals surface area contributed by atoms with Crippen LogP contribution in [0.3, 0.4) is 0 Å². The fourth-order valence-corrected chi connectivity index (χ4v) is 6.33. The maximum atomic E-state index is 12.6. The lowest BCUT2D eigenvalue weighted by atomic mass is 10.1. The van der Waals surface area contributed by atoms with Gasteiger partial charge in [-0.1, -0.05) is 137 Å². The fraction of sp³-hybridized carbons (Fsp3) is 0.617. The van der Waals surface area contributed by atoms with Gasteiger partial charge in [0.1, 0.15) is 6.61 Å². The number of allylic oxidation sites excluding steroid dienone is 15. The summed E-state index contributed by atoms with van der Waals surface area (Å²) in [5.41, 5.74) is 5.34. The third kappa shape index (κ3) is 34.9. The van der Waals surface area contributed by atoms with Gasteiger partial charge >= 0.3 is 19.8 Å². The molecule has 11 heteroatoms. The normalized spacial score (nSPS) is 17.7. The van der Waals surface area contributed by atoms with Crippen molar-refractivity contribution >= 4 is 19.8 Å². The van der Waals surface area contributed by atoms with E-state index < -0.39 is 32.5 Å². The molecular weight excluding hydrogens is 753 g/mol. The van der Waals surface area contributed by atoms with Gasteiger partial charge in [0.2, 0.25) is 0 Å². The van der Waals surface area contributed by atoms with Crippen molar-refractivity contribution in [1.82, 2.24) is 0 Å². The van der Waals surface area contributed by atoms with E-state index in [0.29, 0.717) is 31.5 Å². The number of epoxide rings is 1. The molecule has 328 valence electrons. The van der Waals surface area contributed by atoms with Gasteiger partial charge in [0.05, 0.1) is 25.4 Å². The van der Waals surface area contributed by atoms with Crippen LogP contribution in [-0.4, -0.2) is 61.5 Å². The van der Waals surface area contributed by atoms with Crippen LogP contribution in [0.1, 0.15) is 142 Å². The molecular formula is C47H76NO9P. The van der Waals surface area contributed by atoms with Gasteiger partial charge in [0.25, 0.3) is 0 Å². The molecule has 0 saturated carbocycles. The predicted octanol–water partition coefficient (Wildman–Crippen LogP) is 11.6. The predicted molar refractivity (Wildman–Crippen MR) is 237 cm³/mol. The van der Waals surface area contributed by atoms with E-state index in [4.69, 9.17) is 29.0 Å². The smallest absolute Gasteiger partial charge is 0.462 e. The molecule has 10 nitrogen and oxygen atoms in total. The Hall–Kier alpha value is -3.11. The summed E-state index contributed by atoms with van der Waals surface area (Å²) in [5.74, 6) is -0.948. The minimum Gasteiger partial charge on any atom is -0.462 e. The topological polar surface area (TPSA) is 147 Å². The van der Waals surface area contributed by atoms with Crippen LogP contribution in [0, 0.1) is 0 Å². The zero-order chi connectivity index (χ0) is 42.2. The lowest BCUT2D eigenvalue weighted by Gasteiger charge is -2.19. The summed E-state index contributed by atoms with van der Waals surface area (Å²) in [6, 6.07) is 0. The van der Waals surface area contributed by atoms with E-state index in [1.807, 2.05) is 6.08 Å². The Morgan fingerprint density at radius 2 is 1.19 bits per heavy atom. The Labute approximate surface area is 351 Å². The molecule has 4 atom stereocenters. The highest BCUT2D eigenvalue weighted by Gasteiger charge is 2.36. The van der Waals surface area contributed by atoms with E-state index in [1.54, 1.807) is 0 Å². The molecule has 1 fully saturated rings. The van der Waals surface area contributed by atoms with Crippen LogP contribution in [0.25, 0.3) is 0 Å². The van der Waals surface area contributed by atoms with E-state index in [1.165, 1.54) is 25.7 Å². The Bertz CT molecular complexity index is 1330. The number of phosphoric ester groups is 1. The maximum Gasteiger partial charge on any atom is 0.472 e. The SMILES string of the molecule is CC/C=C\C/C=C\C/C=C\C/C=C\C/C=C\CCCCCC(=O)OC[C@H](COP(=O)(O)OCCN)OC(=O)CCC/C=C\C/C=C\C/C=C\CC1OC1CCCCC. The summed E-state index contributed by atoms with van der Waals surface area (Å²) in [6.45, 7) is 3.45. The third-order valence-corrected chi connectivity index (χ3v) is 9.86. The second-order valence-corrected chi connectivity index (χ2v) is 15.7. The van der Waals surface area contributed by atoms with Gasteiger partial charge in [0.15, 0.2) is 6.10 Å². The van der Waals surface area contributed by atoms with Crippen LogP contribution in [0.5, 0.6) is 0 Å². The minimum absolute atomic E-state index is 0.0323. The summed E-state index contributed by atoms with van der Waals surface area (Å²) in [4.78, 5) is 34.9. The van der Waals surface area contributed by atoms with Crippen molar-refractivity contribution in [1.29, 1.82) is 0 Å². The second-order valence-electron chi connectivity index (χ2n) is 14.2. The highest BCUT2D eigenvalue weighted by Crippen LogP contribution is 2.43. The van der Waals surface area contributed by atoms with Crippen LogP contribution >= 0.6 is 7.82 Å². The van der Waals surface area contributed by atoms with Gasteiger partial charge in [-0.3, -0.25) is 18.6 Å². The molecule has 0 bridgehead atoms. The molecule has 0 spiro atoms. The summed E-state index contributed by atoms with van der Waals surface area (Å²) < 4.78 is 38.4. The standard InChI is InChI=1S/C47H76NO9P/c1-3-5-7-8-9-10-11-12-13-14-15-16-17-18-19-23-26-29-33-37-46(49)53-41-43(42-55-58(51,52)54-40-39-48)56-47(50)38-34-30-27-24-21-20-22-25-28-32-36-45-44(57-45)35-31-6-4-2/h5,7,9-10,12-13,15-16,18-20,22,24,27-28,32,43-45H,3-4,6,8,11,14,17,21,23,25-26,29-31,33-42,48H2,1-2H3,(H,51,52)/b7-5-,10-9-,13-12-,16-15-,19-18-,22-20-,27-24-,32-28-/t43-,44?,45?/m1/s1. The van der Waals surface area contributed by atoms with E-state index in [-0.39, 0.29) is 32.6 Å². The lowest BCUT2D eigenvalue weighted by Crippen LogP contribution is -2.29. The first-order valence-corrected chi connectivity index (χ1v) is 23.3. The van der Waals surface area contributed by atoms with Crippen molar-refractivity contribution in [2.45, 2.75) is 161 Å². The molecule has 1 heterocycles. The maximum absolute atomic E-state index is 12.6. The number of ether oxygens (including phenoxy) is 3. The molecule has 1 aliphatic rings. The Balaban J connectivity index is 2.25. The van der Waals surface area contributed by atoms with Gasteiger partial charge in [-0.15, -0.1) is 0 Å². The molecule has 58 heavy (non-hydrogen) atoms. The number of esters is 2. The first-order chi connectivity index (χ1) is 28.3. The summed E-state index contributed by atoms with van der Waals surface area (Å²) >= 11 is 0. The number of nitrogens with two attached hydrogens (primary N) is 1. The number of rotatable bonds is 38. The third-order valence-electron chi connectivity index (χ3n) is 8.88. The van der Waals surface area contributed by atoms with E-state index >= 15 is 0 Å². The molecule has 0 amide bonds. The van der Waals surface area contributed by atoms with E-state index in [0.717, 1.165) is 70.6 Å². The van der Waals surface area contributed by atoms with Gasteiger partial charge in [0, 0.05) is 19.4 Å². The molecule has 3 N–H and O–H groups in total. The minimum atomic E-state index is -4.41. The number of carbonyl (C=O) groups is 2. The number of unbranched alkanes of at least 4 members (excludes halogenated alkanes) is 6. The van der Waals surface area contributed by atoms with Gasteiger partial charge in [-0.25, -0.2) is 4.57 Å². The number of hydrogen-bond acceptors (Lipinski definition) is 9. The average molecular weight is 830 g/mol. The molecule has 1 saturated heterocycles. The molecule has 1 aliphatic heterocycles. The average Bonchev–Trinajstić information content (AvgIpc) is 3.97. The van der Waals surface area contributed by atoms with Crippen molar-refractivity contribution in [2.24, 2.45) is 5.73 Å². The zero-order valence-electron chi connectivity index (χ0n) is 35.7. The van der Waals surface area contributed by atoms with Crippen LogP contribution < -0.4 is 5.73 Å². The monoisotopic (exact) mass is 830 g/mol. The Morgan fingerprint density at radius 3 is 1.78 bits per heavy atom. The molecule has 1 rings (SSSR count). The van der Waals surface area contributed by atoms with Crippen molar-refractivity contribution in [3.05, 3.63) is 97.2 Å². The second kappa shape index (κ2) is 38.1.